The average molecular weight is 322 g/mol. The summed E-state index contributed by atoms with van der Waals surface area (Å²) in [5, 5.41) is 3.67. The van der Waals surface area contributed by atoms with Gasteiger partial charge in [-0.05, 0) is 43.2 Å². The van der Waals surface area contributed by atoms with E-state index in [1.54, 1.807) is 6.26 Å². The molecule has 0 aliphatic carbocycles. The van der Waals surface area contributed by atoms with Crippen LogP contribution in [-0.2, 0) is 6.42 Å². The van der Waals surface area contributed by atoms with Gasteiger partial charge < -0.3 is 9.73 Å². The van der Waals surface area contributed by atoms with Gasteiger partial charge in [-0.2, -0.15) is 0 Å². The Morgan fingerprint density at radius 3 is 2.53 bits per heavy atom. The Hall–Kier alpha value is -1.06. The van der Waals surface area contributed by atoms with Gasteiger partial charge in [0.05, 0.1) is 6.26 Å². The molecule has 0 aliphatic heterocycles. The molecule has 2 nitrogen and oxygen atoms in total. The van der Waals surface area contributed by atoms with Crippen molar-refractivity contribution in [3.63, 3.8) is 0 Å². The van der Waals surface area contributed by atoms with Gasteiger partial charge in [0.1, 0.15) is 5.76 Å². The van der Waals surface area contributed by atoms with E-state index in [9.17, 15) is 0 Å². The molecule has 2 atom stereocenters. The zero-order valence-electron chi connectivity index (χ0n) is 11.4. The van der Waals surface area contributed by atoms with E-state index >= 15 is 0 Å². The van der Waals surface area contributed by atoms with Crippen molar-refractivity contribution in [2.75, 3.05) is 0 Å². The van der Waals surface area contributed by atoms with Gasteiger partial charge in [0.25, 0.3) is 0 Å². The molecule has 2 rings (SSSR count). The van der Waals surface area contributed by atoms with E-state index in [2.05, 4.69) is 59.4 Å². The van der Waals surface area contributed by atoms with Gasteiger partial charge in [-0.15, -0.1) is 0 Å². The first-order valence-corrected chi connectivity index (χ1v) is 7.52. The highest BCUT2D eigenvalue weighted by Crippen LogP contribution is 2.20. The second-order valence-corrected chi connectivity index (χ2v) is 5.78. The minimum atomic E-state index is 0.387. The van der Waals surface area contributed by atoms with Crippen LogP contribution in [0.5, 0.6) is 0 Å². The Morgan fingerprint density at radius 2 is 1.95 bits per heavy atom. The van der Waals surface area contributed by atoms with E-state index in [0.717, 1.165) is 23.1 Å². The van der Waals surface area contributed by atoms with Crippen molar-refractivity contribution in [1.82, 2.24) is 5.32 Å². The van der Waals surface area contributed by atoms with E-state index in [0.29, 0.717) is 12.1 Å². The van der Waals surface area contributed by atoms with Crippen LogP contribution in [0.3, 0.4) is 0 Å². The number of benzene rings is 1. The summed E-state index contributed by atoms with van der Waals surface area (Å²) >= 11 is 3.47. The van der Waals surface area contributed by atoms with Crippen LogP contribution >= 0.6 is 15.9 Å². The highest BCUT2D eigenvalue weighted by Gasteiger charge is 2.13. The van der Waals surface area contributed by atoms with Crippen LogP contribution in [0.15, 0.2) is 51.6 Å². The molecule has 102 valence electrons. The summed E-state index contributed by atoms with van der Waals surface area (Å²) < 4.78 is 6.51. The molecule has 2 aromatic rings. The van der Waals surface area contributed by atoms with Gasteiger partial charge in [0, 0.05) is 23.0 Å². The van der Waals surface area contributed by atoms with E-state index in [4.69, 9.17) is 4.42 Å². The highest BCUT2D eigenvalue weighted by molar-refractivity contribution is 9.10. The third-order valence-electron chi connectivity index (χ3n) is 3.25. The van der Waals surface area contributed by atoms with Crippen LogP contribution in [0.1, 0.15) is 37.6 Å². The molecule has 0 aliphatic rings. The van der Waals surface area contributed by atoms with Crippen molar-refractivity contribution in [2.24, 2.45) is 0 Å². The van der Waals surface area contributed by atoms with Crippen LogP contribution in [0, 0.1) is 0 Å². The van der Waals surface area contributed by atoms with E-state index in [1.165, 1.54) is 5.56 Å². The Labute approximate surface area is 123 Å². The molecule has 0 saturated carbocycles. The van der Waals surface area contributed by atoms with Gasteiger partial charge in [-0.3, -0.25) is 0 Å². The number of nitrogens with one attached hydrogen (secondary N) is 1. The molecule has 1 heterocycles. The zero-order chi connectivity index (χ0) is 13.7. The molecule has 1 aromatic heterocycles. The first kappa shape index (κ1) is 14.4. The van der Waals surface area contributed by atoms with Gasteiger partial charge in [0.2, 0.25) is 0 Å². The maximum absolute atomic E-state index is 5.39. The molecule has 19 heavy (non-hydrogen) atoms. The lowest BCUT2D eigenvalue weighted by molar-refractivity contribution is 0.410. The molecule has 0 spiro atoms. The van der Waals surface area contributed by atoms with Crippen LogP contribution in [0.2, 0.25) is 0 Å². The first-order chi connectivity index (χ1) is 9.19. The molecular weight excluding hydrogens is 302 g/mol. The number of hydrogen-bond donors (Lipinski definition) is 1. The lowest BCUT2D eigenvalue weighted by atomic mass is 10.0. The first-order valence-electron chi connectivity index (χ1n) is 6.73. The lowest BCUT2D eigenvalue weighted by Crippen LogP contribution is -2.31. The fourth-order valence-corrected chi connectivity index (χ4v) is 2.54. The molecule has 0 radical (unpaired) electrons. The van der Waals surface area contributed by atoms with Gasteiger partial charge in [-0.1, -0.05) is 35.0 Å². The van der Waals surface area contributed by atoms with E-state index in [1.807, 2.05) is 12.1 Å². The molecule has 1 aromatic carbocycles. The van der Waals surface area contributed by atoms with Crippen molar-refractivity contribution in [1.29, 1.82) is 0 Å². The Morgan fingerprint density at radius 1 is 1.21 bits per heavy atom. The molecular formula is C16H20BrNO. The Kier molecular flexibility index (Phi) is 5.23. The number of furan rings is 1. The van der Waals surface area contributed by atoms with Crippen LogP contribution in [0.25, 0.3) is 0 Å². The van der Waals surface area contributed by atoms with E-state index < -0.39 is 0 Å². The molecule has 1 N–H and O–H groups in total. The minimum absolute atomic E-state index is 0.387. The summed E-state index contributed by atoms with van der Waals surface area (Å²) in [4.78, 5) is 0. The third kappa shape index (κ3) is 4.22. The molecule has 0 bridgehead atoms. The summed E-state index contributed by atoms with van der Waals surface area (Å²) in [6, 6.07) is 13.3. The summed E-state index contributed by atoms with van der Waals surface area (Å²) in [7, 11) is 0. The minimum Gasteiger partial charge on any atom is -0.469 e. The zero-order valence-corrected chi connectivity index (χ0v) is 13.0. The Bertz CT molecular complexity index is 478. The predicted molar refractivity (Wildman–Crippen MR) is 82.2 cm³/mol. The van der Waals surface area contributed by atoms with E-state index in [-0.39, 0.29) is 0 Å². The Balaban J connectivity index is 1.96. The lowest BCUT2D eigenvalue weighted by Gasteiger charge is -2.22. The fraction of sp³-hybridized carbons (Fsp3) is 0.375. The van der Waals surface area contributed by atoms with Crippen molar-refractivity contribution >= 4 is 15.9 Å². The fourth-order valence-electron chi connectivity index (χ4n) is 2.28. The van der Waals surface area contributed by atoms with Crippen LogP contribution < -0.4 is 5.32 Å². The molecule has 2 unspecified atom stereocenters. The van der Waals surface area contributed by atoms with Crippen LogP contribution in [0.4, 0.5) is 0 Å². The van der Waals surface area contributed by atoms with Crippen LogP contribution in [-0.4, -0.2) is 6.04 Å². The largest absolute Gasteiger partial charge is 0.469 e. The second kappa shape index (κ2) is 6.92. The summed E-state index contributed by atoms with van der Waals surface area (Å²) in [6.07, 6.45) is 3.72. The number of hydrogen-bond acceptors (Lipinski definition) is 2. The third-order valence-corrected chi connectivity index (χ3v) is 3.78. The standard InChI is InChI=1S/C16H20BrNO/c1-3-16(13-6-8-14(17)9-7-13)18-12(2)11-15-5-4-10-19-15/h4-10,12,16,18H,3,11H2,1-2H3. The predicted octanol–water partition coefficient (Wildman–Crippen LogP) is 4.71. The quantitative estimate of drug-likeness (QED) is 0.833. The van der Waals surface area contributed by atoms with Gasteiger partial charge in [0.15, 0.2) is 0 Å². The number of halogens is 1. The maximum atomic E-state index is 5.39. The number of rotatable bonds is 6. The molecule has 0 fully saturated rings. The smallest absolute Gasteiger partial charge is 0.105 e. The summed E-state index contributed by atoms with van der Waals surface area (Å²) in [5.74, 6) is 1.03. The molecule has 0 amide bonds. The molecule has 0 saturated heterocycles. The SMILES string of the molecule is CCC(NC(C)Cc1ccco1)c1ccc(Br)cc1. The molecule has 3 heteroatoms. The topological polar surface area (TPSA) is 25.2 Å². The average Bonchev–Trinajstić information content (AvgIpc) is 2.90. The van der Waals surface area contributed by atoms with Gasteiger partial charge in [-0.25, -0.2) is 0 Å². The highest BCUT2D eigenvalue weighted by atomic mass is 79.9. The summed E-state index contributed by atoms with van der Waals surface area (Å²) in [6.45, 7) is 4.41. The van der Waals surface area contributed by atoms with Crippen molar-refractivity contribution in [3.05, 3.63) is 58.5 Å². The second-order valence-electron chi connectivity index (χ2n) is 4.86. The normalized spacial score (nSPS) is 14.3. The monoisotopic (exact) mass is 321 g/mol. The summed E-state index contributed by atoms with van der Waals surface area (Å²) in [5.41, 5.74) is 1.33. The van der Waals surface area contributed by atoms with Crippen molar-refractivity contribution in [3.8, 4) is 0 Å². The van der Waals surface area contributed by atoms with Gasteiger partial charge >= 0.3 is 0 Å². The van der Waals surface area contributed by atoms with Crippen molar-refractivity contribution in [2.45, 2.75) is 38.8 Å². The maximum Gasteiger partial charge on any atom is 0.105 e. The van der Waals surface area contributed by atoms with Crippen molar-refractivity contribution < 1.29 is 4.42 Å².